The second kappa shape index (κ2) is 5.09. The number of amides is 1. The fraction of sp³-hybridized carbons (Fsp3) is 0.357. The van der Waals surface area contributed by atoms with E-state index in [1.54, 1.807) is 16.8 Å². The number of rotatable bonds is 2. The van der Waals surface area contributed by atoms with E-state index >= 15 is 0 Å². The molecule has 1 fully saturated rings. The molecular formula is C14H14N2O2S. The van der Waals surface area contributed by atoms with Crippen LogP contribution >= 0.6 is 11.3 Å². The fourth-order valence-corrected chi connectivity index (χ4v) is 3.04. The van der Waals surface area contributed by atoms with Gasteiger partial charge in [0.25, 0.3) is 0 Å². The predicted octanol–water partition coefficient (Wildman–Crippen LogP) is 2.99. The van der Waals surface area contributed by atoms with E-state index in [1.807, 2.05) is 18.2 Å². The Bertz CT molecular complexity index is 625. The summed E-state index contributed by atoms with van der Waals surface area (Å²) in [5.74, 6) is 0.249. The Labute approximate surface area is 114 Å². The molecule has 19 heavy (non-hydrogen) atoms. The molecular weight excluding hydrogens is 260 g/mol. The molecule has 0 spiro atoms. The van der Waals surface area contributed by atoms with Gasteiger partial charge in [-0.1, -0.05) is 0 Å². The van der Waals surface area contributed by atoms with E-state index in [-0.39, 0.29) is 17.6 Å². The van der Waals surface area contributed by atoms with Crippen molar-refractivity contribution in [2.45, 2.75) is 25.7 Å². The number of hydrogen-bond donors (Lipinski definition) is 1. The number of aromatic nitrogens is 1. The van der Waals surface area contributed by atoms with Crippen LogP contribution in [0.25, 0.3) is 10.2 Å². The zero-order chi connectivity index (χ0) is 13.2. The number of nitrogens with zero attached hydrogens (tertiary/aromatic N) is 1. The van der Waals surface area contributed by atoms with Gasteiger partial charge in [-0.2, -0.15) is 0 Å². The number of carbonyl (C=O) groups is 2. The van der Waals surface area contributed by atoms with E-state index in [0.29, 0.717) is 25.7 Å². The SMILES string of the molecule is O=C1CCC(C(=O)Nc2ccc3scnc3c2)CC1. The van der Waals surface area contributed by atoms with Crippen molar-refractivity contribution in [3.8, 4) is 0 Å². The Kier molecular flexibility index (Phi) is 3.29. The van der Waals surface area contributed by atoms with E-state index in [9.17, 15) is 9.59 Å². The highest BCUT2D eigenvalue weighted by molar-refractivity contribution is 7.16. The van der Waals surface area contributed by atoms with Crippen molar-refractivity contribution in [2.24, 2.45) is 5.92 Å². The lowest BCUT2D eigenvalue weighted by Gasteiger charge is -2.20. The number of nitrogens with one attached hydrogen (secondary N) is 1. The zero-order valence-electron chi connectivity index (χ0n) is 10.4. The highest BCUT2D eigenvalue weighted by atomic mass is 32.1. The summed E-state index contributed by atoms with van der Waals surface area (Å²) in [5.41, 5.74) is 3.48. The van der Waals surface area contributed by atoms with Gasteiger partial charge in [0.1, 0.15) is 5.78 Å². The molecule has 5 heteroatoms. The molecule has 1 amide bonds. The molecule has 0 saturated heterocycles. The van der Waals surface area contributed by atoms with Gasteiger partial charge in [0.05, 0.1) is 15.7 Å². The normalized spacial score (nSPS) is 16.7. The molecule has 98 valence electrons. The molecule has 1 N–H and O–H groups in total. The number of Topliss-reactive ketones (excluding diaryl/α,β-unsaturated/α-hetero) is 1. The van der Waals surface area contributed by atoms with E-state index < -0.39 is 0 Å². The Balaban J connectivity index is 1.70. The van der Waals surface area contributed by atoms with Crippen LogP contribution in [0.2, 0.25) is 0 Å². The van der Waals surface area contributed by atoms with Crippen LogP contribution in [0.5, 0.6) is 0 Å². The molecule has 1 saturated carbocycles. The topological polar surface area (TPSA) is 59.1 Å². The molecule has 3 rings (SSSR count). The summed E-state index contributed by atoms with van der Waals surface area (Å²) < 4.78 is 1.11. The van der Waals surface area contributed by atoms with Crippen molar-refractivity contribution >= 4 is 38.9 Å². The van der Waals surface area contributed by atoms with Gasteiger partial charge in [0, 0.05) is 24.4 Å². The first-order valence-electron chi connectivity index (χ1n) is 6.38. The van der Waals surface area contributed by atoms with Gasteiger partial charge in [-0.15, -0.1) is 11.3 Å². The van der Waals surface area contributed by atoms with Gasteiger partial charge in [-0.3, -0.25) is 9.59 Å². The fourth-order valence-electron chi connectivity index (χ4n) is 2.38. The largest absolute Gasteiger partial charge is 0.326 e. The molecule has 1 aromatic carbocycles. The molecule has 0 unspecified atom stereocenters. The summed E-state index contributed by atoms with van der Waals surface area (Å²) in [6.45, 7) is 0. The molecule has 1 aliphatic rings. The number of benzene rings is 1. The number of carbonyl (C=O) groups excluding carboxylic acids is 2. The summed E-state index contributed by atoms with van der Waals surface area (Å²) in [6.07, 6.45) is 2.40. The van der Waals surface area contributed by atoms with Crippen molar-refractivity contribution < 1.29 is 9.59 Å². The monoisotopic (exact) mass is 274 g/mol. The second-order valence-corrected chi connectivity index (χ2v) is 5.72. The van der Waals surface area contributed by atoms with Crippen molar-refractivity contribution in [2.75, 3.05) is 5.32 Å². The Morgan fingerprint density at radius 2 is 2.11 bits per heavy atom. The molecule has 0 aliphatic heterocycles. The third kappa shape index (κ3) is 2.66. The van der Waals surface area contributed by atoms with Gasteiger partial charge in [0.15, 0.2) is 0 Å². The van der Waals surface area contributed by atoms with Gasteiger partial charge in [-0.25, -0.2) is 4.98 Å². The van der Waals surface area contributed by atoms with Crippen LogP contribution in [0.3, 0.4) is 0 Å². The first-order valence-corrected chi connectivity index (χ1v) is 7.26. The Hall–Kier alpha value is -1.75. The third-order valence-corrected chi connectivity index (χ3v) is 4.32. The minimum Gasteiger partial charge on any atom is -0.326 e. The summed E-state index contributed by atoms with van der Waals surface area (Å²) in [6, 6.07) is 5.75. The number of anilines is 1. The number of ketones is 1. The Morgan fingerprint density at radius 1 is 1.32 bits per heavy atom. The maximum absolute atomic E-state index is 12.1. The standard InChI is InChI=1S/C14H14N2O2S/c17-11-4-1-9(2-5-11)14(18)16-10-3-6-13-12(7-10)15-8-19-13/h3,6-9H,1-2,4-5H2,(H,16,18). The van der Waals surface area contributed by atoms with Crippen LogP contribution in [0.4, 0.5) is 5.69 Å². The van der Waals surface area contributed by atoms with E-state index in [2.05, 4.69) is 10.3 Å². The van der Waals surface area contributed by atoms with E-state index in [0.717, 1.165) is 15.9 Å². The van der Waals surface area contributed by atoms with Crippen molar-refractivity contribution in [1.29, 1.82) is 0 Å². The lowest BCUT2D eigenvalue weighted by Crippen LogP contribution is -2.27. The second-order valence-electron chi connectivity index (χ2n) is 4.84. The van der Waals surface area contributed by atoms with Gasteiger partial charge >= 0.3 is 0 Å². The zero-order valence-corrected chi connectivity index (χ0v) is 11.2. The molecule has 0 radical (unpaired) electrons. The first-order chi connectivity index (χ1) is 9.22. The van der Waals surface area contributed by atoms with Crippen molar-refractivity contribution in [3.05, 3.63) is 23.7 Å². The third-order valence-electron chi connectivity index (χ3n) is 3.51. The maximum atomic E-state index is 12.1. The molecule has 0 bridgehead atoms. The van der Waals surface area contributed by atoms with E-state index in [1.165, 1.54) is 0 Å². The molecule has 2 aromatic rings. The van der Waals surface area contributed by atoms with Crippen LogP contribution in [0, 0.1) is 5.92 Å². The average molecular weight is 274 g/mol. The van der Waals surface area contributed by atoms with Crippen molar-refractivity contribution in [3.63, 3.8) is 0 Å². The van der Waals surface area contributed by atoms with Crippen LogP contribution in [-0.2, 0) is 9.59 Å². The van der Waals surface area contributed by atoms with Crippen LogP contribution in [0.1, 0.15) is 25.7 Å². The number of fused-ring (bicyclic) bond motifs is 1. The predicted molar refractivity (Wildman–Crippen MR) is 75.2 cm³/mol. The molecule has 1 heterocycles. The van der Waals surface area contributed by atoms with Crippen LogP contribution < -0.4 is 5.32 Å². The highest BCUT2D eigenvalue weighted by Crippen LogP contribution is 2.25. The van der Waals surface area contributed by atoms with Crippen LogP contribution in [-0.4, -0.2) is 16.7 Å². The number of hydrogen-bond acceptors (Lipinski definition) is 4. The summed E-state index contributed by atoms with van der Waals surface area (Å²) in [5, 5.41) is 2.92. The highest BCUT2D eigenvalue weighted by Gasteiger charge is 2.24. The molecule has 1 aliphatic carbocycles. The molecule has 4 nitrogen and oxygen atoms in total. The minimum absolute atomic E-state index is 0.0158. The van der Waals surface area contributed by atoms with Crippen LogP contribution in [0.15, 0.2) is 23.7 Å². The molecule has 1 aromatic heterocycles. The van der Waals surface area contributed by atoms with Crippen molar-refractivity contribution in [1.82, 2.24) is 4.98 Å². The Morgan fingerprint density at radius 3 is 2.89 bits per heavy atom. The maximum Gasteiger partial charge on any atom is 0.227 e. The van der Waals surface area contributed by atoms with E-state index in [4.69, 9.17) is 0 Å². The van der Waals surface area contributed by atoms with Gasteiger partial charge < -0.3 is 5.32 Å². The molecule has 0 atom stereocenters. The minimum atomic E-state index is -0.0381. The number of thiazole rings is 1. The lowest BCUT2D eigenvalue weighted by molar-refractivity contribution is -0.125. The summed E-state index contributed by atoms with van der Waals surface area (Å²) in [7, 11) is 0. The van der Waals surface area contributed by atoms with Gasteiger partial charge in [-0.05, 0) is 31.0 Å². The summed E-state index contributed by atoms with van der Waals surface area (Å²) in [4.78, 5) is 27.5. The summed E-state index contributed by atoms with van der Waals surface area (Å²) >= 11 is 1.58. The van der Waals surface area contributed by atoms with Gasteiger partial charge in [0.2, 0.25) is 5.91 Å². The smallest absolute Gasteiger partial charge is 0.227 e. The quantitative estimate of drug-likeness (QED) is 0.915. The lowest BCUT2D eigenvalue weighted by atomic mass is 9.88. The first kappa shape index (κ1) is 12.3. The average Bonchev–Trinajstić information content (AvgIpc) is 2.87.